The van der Waals surface area contributed by atoms with E-state index < -0.39 is 22.8 Å². The molecule has 1 aromatic rings. The molecule has 0 bridgehead atoms. The third-order valence-electron chi connectivity index (χ3n) is 4.53. The molecule has 0 radical (unpaired) electrons. The molecule has 1 saturated carbocycles. The Morgan fingerprint density at radius 2 is 1.58 bits per heavy atom. The molecule has 1 aromatic carbocycles. The Kier molecular flexibility index (Phi) is 6.02. The SMILES string of the molecule is CC(C)(C)OC(=O)C1(c2ccc(NC(=O)C(=O)NN)cc2)CCCCC1. The van der Waals surface area contributed by atoms with Crippen molar-refractivity contribution in [2.75, 3.05) is 5.32 Å². The summed E-state index contributed by atoms with van der Waals surface area (Å²) in [6, 6.07) is 6.98. The van der Waals surface area contributed by atoms with Gasteiger partial charge in [-0.1, -0.05) is 31.4 Å². The number of benzene rings is 1. The van der Waals surface area contributed by atoms with Gasteiger partial charge in [-0.3, -0.25) is 19.8 Å². The molecule has 1 aliphatic rings. The van der Waals surface area contributed by atoms with Crippen LogP contribution in [0.3, 0.4) is 0 Å². The van der Waals surface area contributed by atoms with E-state index in [2.05, 4.69) is 5.32 Å². The summed E-state index contributed by atoms with van der Waals surface area (Å²) in [7, 11) is 0. The first-order valence-electron chi connectivity index (χ1n) is 8.84. The lowest BCUT2D eigenvalue weighted by Crippen LogP contribution is -2.42. The average molecular weight is 361 g/mol. The van der Waals surface area contributed by atoms with Crippen LogP contribution in [0, 0.1) is 0 Å². The van der Waals surface area contributed by atoms with E-state index in [1.54, 1.807) is 17.6 Å². The van der Waals surface area contributed by atoms with Crippen LogP contribution in [0.1, 0.15) is 58.4 Å². The smallest absolute Gasteiger partial charge is 0.323 e. The Bertz CT molecular complexity index is 671. The van der Waals surface area contributed by atoms with Gasteiger partial charge in [-0.05, 0) is 51.3 Å². The van der Waals surface area contributed by atoms with E-state index in [9.17, 15) is 14.4 Å². The minimum absolute atomic E-state index is 0.205. The second-order valence-corrected chi connectivity index (χ2v) is 7.65. The molecule has 0 unspecified atom stereocenters. The quantitative estimate of drug-likeness (QED) is 0.251. The van der Waals surface area contributed by atoms with E-state index in [-0.39, 0.29) is 5.97 Å². The molecule has 0 aliphatic heterocycles. The maximum absolute atomic E-state index is 13.0. The number of carbonyl (C=O) groups excluding carboxylic acids is 3. The van der Waals surface area contributed by atoms with Crippen LogP contribution in [-0.4, -0.2) is 23.4 Å². The van der Waals surface area contributed by atoms with Crippen LogP contribution in [0.2, 0.25) is 0 Å². The summed E-state index contributed by atoms with van der Waals surface area (Å²) in [5.74, 6) is 2.96. The van der Waals surface area contributed by atoms with E-state index >= 15 is 0 Å². The fraction of sp³-hybridized carbons (Fsp3) is 0.526. The molecule has 0 spiro atoms. The van der Waals surface area contributed by atoms with E-state index in [1.165, 1.54) is 0 Å². The Labute approximate surface area is 153 Å². The predicted octanol–water partition coefficient (Wildman–Crippen LogP) is 2.16. The minimum atomic E-state index is -0.924. The van der Waals surface area contributed by atoms with Gasteiger partial charge in [0, 0.05) is 5.69 Å². The number of esters is 1. The van der Waals surface area contributed by atoms with Crippen molar-refractivity contribution in [2.24, 2.45) is 5.84 Å². The summed E-state index contributed by atoms with van der Waals surface area (Å²) in [4.78, 5) is 35.7. The summed E-state index contributed by atoms with van der Waals surface area (Å²) in [5.41, 5.74) is 1.89. The van der Waals surface area contributed by atoms with Crippen molar-refractivity contribution in [1.82, 2.24) is 5.43 Å². The molecule has 2 rings (SSSR count). The number of nitrogens with two attached hydrogens (primary N) is 1. The third-order valence-corrected chi connectivity index (χ3v) is 4.53. The molecule has 7 heteroatoms. The first-order valence-corrected chi connectivity index (χ1v) is 8.84. The lowest BCUT2D eigenvalue weighted by Gasteiger charge is -2.37. The molecule has 1 fully saturated rings. The van der Waals surface area contributed by atoms with E-state index in [0.29, 0.717) is 5.69 Å². The predicted molar refractivity (Wildman–Crippen MR) is 98.0 cm³/mol. The number of ether oxygens (including phenoxy) is 1. The van der Waals surface area contributed by atoms with Gasteiger partial charge < -0.3 is 10.1 Å². The van der Waals surface area contributed by atoms with Gasteiger partial charge >= 0.3 is 17.8 Å². The summed E-state index contributed by atoms with van der Waals surface area (Å²) < 4.78 is 5.70. The number of rotatable bonds is 3. The average Bonchev–Trinajstić information content (AvgIpc) is 2.60. The molecule has 4 N–H and O–H groups in total. The van der Waals surface area contributed by atoms with Gasteiger partial charge in [-0.25, -0.2) is 5.84 Å². The minimum Gasteiger partial charge on any atom is -0.459 e. The van der Waals surface area contributed by atoms with Crippen molar-refractivity contribution >= 4 is 23.5 Å². The molecular weight excluding hydrogens is 334 g/mol. The maximum Gasteiger partial charge on any atom is 0.323 e. The number of nitrogens with one attached hydrogen (secondary N) is 2. The lowest BCUT2D eigenvalue weighted by atomic mass is 9.69. The van der Waals surface area contributed by atoms with E-state index in [1.807, 2.05) is 32.9 Å². The Morgan fingerprint density at radius 1 is 1.00 bits per heavy atom. The summed E-state index contributed by atoms with van der Waals surface area (Å²) >= 11 is 0. The zero-order valence-corrected chi connectivity index (χ0v) is 15.6. The van der Waals surface area contributed by atoms with Crippen molar-refractivity contribution in [3.05, 3.63) is 29.8 Å². The van der Waals surface area contributed by atoms with Crippen molar-refractivity contribution in [1.29, 1.82) is 0 Å². The zero-order valence-electron chi connectivity index (χ0n) is 15.6. The van der Waals surface area contributed by atoms with Crippen LogP contribution in [-0.2, 0) is 24.5 Å². The molecule has 0 heterocycles. The lowest BCUT2D eigenvalue weighted by molar-refractivity contribution is -0.163. The number of anilines is 1. The summed E-state index contributed by atoms with van der Waals surface area (Å²) in [5, 5.41) is 2.46. The van der Waals surface area contributed by atoms with Crippen molar-refractivity contribution in [2.45, 2.75) is 63.9 Å². The Hall–Kier alpha value is -2.41. The van der Waals surface area contributed by atoms with Crippen LogP contribution in [0.25, 0.3) is 0 Å². The zero-order chi connectivity index (χ0) is 19.4. The highest BCUT2D eigenvalue weighted by Crippen LogP contribution is 2.41. The van der Waals surface area contributed by atoms with Gasteiger partial charge in [0.1, 0.15) is 5.60 Å². The van der Waals surface area contributed by atoms with Crippen LogP contribution in [0.5, 0.6) is 0 Å². The van der Waals surface area contributed by atoms with Crippen molar-refractivity contribution in [3.8, 4) is 0 Å². The summed E-state index contributed by atoms with van der Waals surface area (Å²) in [6.45, 7) is 5.59. The number of hydrogen-bond acceptors (Lipinski definition) is 5. The fourth-order valence-electron chi connectivity index (χ4n) is 3.27. The number of hydrazine groups is 1. The van der Waals surface area contributed by atoms with Crippen molar-refractivity contribution in [3.63, 3.8) is 0 Å². The molecule has 142 valence electrons. The van der Waals surface area contributed by atoms with E-state index in [0.717, 1.165) is 37.7 Å². The molecule has 0 aromatic heterocycles. The van der Waals surface area contributed by atoms with Crippen molar-refractivity contribution < 1.29 is 19.1 Å². The molecule has 7 nitrogen and oxygen atoms in total. The van der Waals surface area contributed by atoms with Gasteiger partial charge in [0.2, 0.25) is 0 Å². The highest BCUT2D eigenvalue weighted by molar-refractivity contribution is 6.39. The normalized spacial score (nSPS) is 16.5. The molecule has 26 heavy (non-hydrogen) atoms. The Morgan fingerprint density at radius 3 is 2.08 bits per heavy atom. The number of carbonyl (C=O) groups is 3. The largest absolute Gasteiger partial charge is 0.459 e. The molecule has 1 aliphatic carbocycles. The standard InChI is InChI=1S/C19H27N3O4/c1-18(2,3)26-17(25)19(11-5-4-6-12-19)13-7-9-14(10-8-13)21-15(23)16(24)22-20/h7-10H,4-6,11-12,20H2,1-3H3,(H,21,23)(H,22,24). The molecule has 0 saturated heterocycles. The second kappa shape index (κ2) is 7.86. The number of hydrogen-bond donors (Lipinski definition) is 3. The topological polar surface area (TPSA) is 111 Å². The molecule has 0 atom stereocenters. The second-order valence-electron chi connectivity index (χ2n) is 7.65. The van der Waals surface area contributed by atoms with Crippen LogP contribution < -0.4 is 16.6 Å². The Balaban J connectivity index is 2.25. The molecular formula is C19H27N3O4. The van der Waals surface area contributed by atoms with E-state index in [4.69, 9.17) is 10.6 Å². The van der Waals surface area contributed by atoms with Gasteiger partial charge in [0.05, 0.1) is 5.41 Å². The summed E-state index contributed by atoms with van der Waals surface area (Å²) in [6.07, 6.45) is 4.52. The van der Waals surface area contributed by atoms with Crippen LogP contribution in [0.4, 0.5) is 5.69 Å². The van der Waals surface area contributed by atoms with Gasteiger partial charge in [0.25, 0.3) is 0 Å². The third kappa shape index (κ3) is 4.60. The highest BCUT2D eigenvalue weighted by Gasteiger charge is 2.43. The van der Waals surface area contributed by atoms with Gasteiger partial charge in [-0.2, -0.15) is 0 Å². The molecule has 2 amide bonds. The van der Waals surface area contributed by atoms with Crippen LogP contribution >= 0.6 is 0 Å². The first-order chi connectivity index (χ1) is 12.2. The monoisotopic (exact) mass is 361 g/mol. The van der Waals surface area contributed by atoms with Crippen LogP contribution in [0.15, 0.2) is 24.3 Å². The van der Waals surface area contributed by atoms with Gasteiger partial charge in [0.15, 0.2) is 0 Å². The fourth-order valence-corrected chi connectivity index (χ4v) is 3.27. The highest BCUT2D eigenvalue weighted by atomic mass is 16.6. The first kappa shape index (κ1) is 19.9. The van der Waals surface area contributed by atoms with Gasteiger partial charge in [-0.15, -0.1) is 0 Å². The maximum atomic E-state index is 13.0. The number of amides is 2.